The second-order valence-electron chi connectivity index (χ2n) is 8.59. The number of piperidine rings is 1. The fourth-order valence-electron chi connectivity index (χ4n) is 4.31. The van der Waals surface area contributed by atoms with Crippen molar-refractivity contribution < 1.29 is 13.9 Å². The van der Waals surface area contributed by atoms with Crippen LogP contribution in [0.4, 0.5) is 10.1 Å². The first kappa shape index (κ1) is 23.6. The normalized spacial score (nSPS) is 13.9. The van der Waals surface area contributed by atoms with Crippen LogP contribution in [0.1, 0.15) is 32.2 Å². The van der Waals surface area contributed by atoms with Gasteiger partial charge in [0, 0.05) is 36.0 Å². The number of hydrogen-bond acceptors (Lipinski definition) is 6. The number of halogens is 1. The van der Waals surface area contributed by atoms with Gasteiger partial charge in [0.15, 0.2) is 0 Å². The van der Waals surface area contributed by atoms with E-state index in [-0.39, 0.29) is 23.8 Å². The highest BCUT2D eigenvalue weighted by molar-refractivity contribution is 5.90. The number of ether oxygens (including phenoxy) is 1. The summed E-state index contributed by atoms with van der Waals surface area (Å²) in [7, 11) is 0. The molecule has 0 aliphatic carbocycles. The van der Waals surface area contributed by atoms with Crippen LogP contribution in [0, 0.1) is 5.82 Å². The number of carbonyl (C=O) groups is 1. The van der Waals surface area contributed by atoms with Crippen LogP contribution in [-0.2, 0) is 4.79 Å². The smallest absolute Gasteiger partial charge is 0.322 e. The molecule has 3 heterocycles. The molecule has 1 aliphatic heterocycles. The van der Waals surface area contributed by atoms with Gasteiger partial charge in [0.1, 0.15) is 11.6 Å². The summed E-state index contributed by atoms with van der Waals surface area (Å²) in [4.78, 5) is 25.5. The monoisotopic (exact) mass is 486 g/mol. The summed E-state index contributed by atoms with van der Waals surface area (Å²) in [5.74, 6) is 0.129. The average Bonchev–Trinajstić information content (AvgIpc) is 3.35. The first-order valence-corrected chi connectivity index (χ1v) is 12.1. The fourth-order valence-corrected chi connectivity index (χ4v) is 4.31. The lowest BCUT2D eigenvalue weighted by Crippen LogP contribution is -2.29. The van der Waals surface area contributed by atoms with Gasteiger partial charge >= 0.3 is 6.01 Å². The molecule has 0 spiro atoms. The molecule has 5 rings (SSSR count). The summed E-state index contributed by atoms with van der Waals surface area (Å²) in [6.45, 7) is 3.65. The van der Waals surface area contributed by atoms with Crippen LogP contribution in [0.3, 0.4) is 0 Å². The highest BCUT2D eigenvalue weighted by Gasteiger charge is 2.23. The SMILES string of the molecule is CCC(=O)Nc1cccc(Oc2nccc(-c3c(-c4ccc(F)cc4)ncn3C3CCNCC3)n2)c1. The molecule has 2 N–H and O–H groups in total. The van der Waals surface area contributed by atoms with Crippen molar-refractivity contribution in [2.75, 3.05) is 18.4 Å². The number of nitrogens with zero attached hydrogens (tertiary/aromatic N) is 4. The molecule has 0 saturated carbocycles. The van der Waals surface area contributed by atoms with Crippen molar-refractivity contribution in [3.05, 3.63) is 72.9 Å². The molecule has 0 bridgehead atoms. The second-order valence-corrected chi connectivity index (χ2v) is 8.59. The lowest BCUT2D eigenvalue weighted by molar-refractivity contribution is -0.115. The van der Waals surface area contributed by atoms with Crippen LogP contribution >= 0.6 is 0 Å². The van der Waals surface area contributed by atoms with Gasteiger partial charge in [0.2, 0.25) is 5.91 Å². The number of hydrogen-bond donors (Lipinski definition) is 2. The predicted octanol–water partition coefficient (Wildman–Crippen LogP) is 5.21. The second kappa shape index (κ2) is 10.7. The summed E-state index contributed by atoms with van der Waals surface area (Å²) in [5, 5.41) is 6.22. The van der Waals surface area contributed by atoms with E-state index in [1.165, 1.54) is 12.1 Å². The van der Waals surface area contributed by atoms with Gasteiger partial charge < -0.3 is 19.9 Å². The Hall–Kier alpha value is -4.11. The van der Waals surface area contributed by atoms with Crippen molar-refractivity contribution in [2.45, 2.75) is 32.2 Å². The fraction of sp³-hybridized carbons (Fsp3) is 0.259. The standard InChI is InChI=1S/C27H27FN6O2/c1-2-24(35)32-20-4-3-5-22(16-20)36-27-30-15-12-23(33-27)26-25(18-6-8-19(28)9-7-18)31-17-34(26)21-10-13-29-14-11-21/h3-9,12,15-17,21,29H,2,10-11,13-14H2,1H3,(H,32,35). The van der Waals surface area contributed by atoms with E-state index < -0.39 is 0 Å². The minimum atomic E-state index is -0.298. The molecule has 1 fully saturated rings. The van der Waals surface area contributed by atoms with E-state index in [0.717, 1.165) is 42.9 Å². The third-order valence-corrected chi connectivity index (χ3v) is 6.14. The molecule has 8 nitrogen and oxygen atoms in total. The van der Waals surface area contributed by atoms with Crippen molar-refractivity contribution in [3.63, 3.8) is 0 Å². The zero-order valence-electron chi connectivity index (χ0n) is 19.9. The van der Waals surface area contributed by atoms with Crippen molar-refractivity contribution in [1.29, 1.82) is 0 Å². The zero-order valence-corrected chi connectivity index (χ0v) is 19.9. The van der Waals surface area contributed by atoms with Gasteiger partial charge in [-0.2, -0.15) is 4.98 Å². The number of anilines is 1. The van der Waals surface area contributed by atoms with Gasteiger partial charge in [-0.1, -0.05) is 13.0 Å². The number of imidazole rings is 1. The van der Waals surface area contributed by atoms with E-state index in [0.29, 0.717) is 23.6 Å². The van der Waals surface area contributed by atoms with Gasteiger partial charge in [-0.05, 0) is 68.4 Å². The number of amides is 1. The third kappa shape index (κ3) is 5.26. The lowest BCUT2D eigenvalue weighted by Gasteiger charge is -2.25. The van der Waals surface area contributed by atoms with Crippen molar-refractivity contribution in [2.24, 2.45) is 0 Å². The van der Waals surface area contributed by atoms with Gasteiger partial charge in [0.25, 0.3) is 0 Å². The summed E-state index contributed by atoms with van der Waals surface area (Å²) < 4.78 is 21.7. The predicted molar refractivity (Wildman–Crippen MR) is 135 cm³/mol. The first-order chi connectivity index (χ1) is 17.6. The number of aromatic nitrogens is 4. The average molecular weight is 487 g/mol. The van der Waals surface area contributed by atoms with E-state index in [2.05, 4.69) is 20.2 Å². The van der Waals surface area contributed by atoms with Gasteiger partial charge in [-0.15, -0.1) is 0 Å². The Morgan fingerprint density at radius 1 is 1.14 bits per heavy atom. The Kier molecular flexibility index (Phi) is 6.99. The summed E-state index contributed by atoms with van der Waals surface area (Å²) in [5.41, 5.74) is 3.66. The molecule has 1 aliphatic rings. The highest BCUT2D eigenvalue weighted by Crippen LogP contribution is 2.35. The molecule has 36 heavy (non-hydrogen) atoms. The van der Waals surface area contributed by atoms with E-state index in [1.54, 1.807) is 49.5 Å². The van der Waals surface area contributed by atoms with Crippen LogP contribution in [0.5, 0.6) is 11.8 Å². The molecule has 9 heteroatoms. The minimum absolute atomic E-state index is 0.0788. The Balaban J connectivity index is 1.50. The number of carbonyl (C=O) groups excluding carboxylic acids is 1. The van der Waals surface area contributed by atoms with E-state index in [4.69, 9.17) is 14.7 Å². The van der Waals surface area contributed by atoms with Crippen LogP contribution in [-0.4, -0.2) is 38.5 Å². The zero-order chi connectivity index (χ0) is 24.9. The third-order valence-electron chi connectivity index (χ3n) is 6.14. The molecule has 4 aromatic rings. The van der Waals surface area contributed by atoms with Gasteiger partial charge in [0.05, 0.1) is 23.4 Å². The molecular weight excluding hydrogens is 459 g/mol. The van der Waals surface area contributed by atoms with Gasteiger partial charge in [-0.25, -0.2) is 14.4 Å². The molecule has 1 saturated heterocycles. The molecule has 0 atom stereocenters. The van der Waals surface area contributed by atoms with Crippen LogP contribution < -0.4 is 15.4 Å². The first-order valence-electron chi connectivity index (χ1n) is 12.1. The summed E-state index contributed by atoms with van der Waals surface area (Å²) in [6, 6.07) is 15.7. The van der Waals surface area contributed by atoms with Crippen molar-refractivity contribution in [1.82, 2.24) is 24.8 Å². The molecule has 184 valence electrons. The van der Waals surface area contributed by atoms with Crippen molar-refractivity contribution >= 4 is 11.6 Å². The molecule has 1 amide bonds. The maximum absolute atomic E-state index is 13.6. The van der Waals surface area contributed by atoms with E-state index >= 15 is 0 Å². The highest BCUT2D eigenvalue weighted by atomic mass is 19.1. The quantitative estimate of drug-likeness (QED) is 0.372. The van der Waals surface area contributed by atoms with Crippen LogP contribution in [0.2, 0.25) is 0 Å². The van der Waals surface area contributed by atoms with E-state index in [9.17, 15) is 9.18 Å². The van der Waals surface area contributed by atoms with Gasteiger partial charge in [-0.3, -0.25) is 4.79 Å². The number of rotatable bonds is 7. The van der Waals surface area contributed by atoms with Crippen LogP contribution in [0.25, 0.3) is 22.6 Å². The molecule has 0 radical (unpaired) electrons. The Labute approximate surface area is 208 Å². The Bertz CT molecular complexity index is 1350. The number of benzene rings is 2. The maximum Gasteiger partial charge on any atom is 0.322 e. The molecule has 2 aromatic carbocycles. The molecule has 0 unspecified atom stereocenters. The minimum Gasteiger partial charge on any atom is -0.424 e. The Morgan fingerprint density at radius 3 is 2.72 bits per heavy atom. The van der Waals surface area contributed by atoms with Crippen molar-refractivity contribution in [3.8, 4) is 34.4 Å². The Morgan fingerprint density at radius 2 is 1.94 bits per heavy atom. The lowest BCUT2D eigenvalue weighted by atomic mass is 10.0. The number of nitrogens with one attached hydrogen (secondary N) is 2. The van der Waals surface area contributed by atoms with E-state index in [1.807, 2.05) is 12.4 Å². The summed E-state index contributed by atoms with van der Waals surface area (Å²) in [6.07, 6.45) is 5.81. The summed E-state index contributed by atoms with van der Waals surface area (Å²) >= 11 is 0. The maximum atomic E-state index is 13.6. The largest absolute Gasteiger partial charge is 0.424 e. The topological polar surface area (TPSA) is 94.0 Å². The molecule has 2 aromatic heterocycles. The van der Waals surface area contributed by atoms with Crippen LogP contribution in [0.15, 0.2) is 67.1 Å². The molecular formula is C27H27FN6O2.